The number of carbonyl (C=O) groups is 1. The monoisotopic (exact) mass is 267 g/mol. The zero-order chi connectivity index (χ0) is 14.4. The Morgan fingerprint density at radius 3 is 2.47 bits per heavy atom. The van der Waals surface area contributed by atoms with Crippen molar-refractivity contribution in [2.24, 2.45) is 0 Å². The fourth-order valence-corrected chi connectivity index (χ4v) is 1.51. The molecule has 6 heteroatoms. The number of hydrogen-bond donors (Lipinski definition) is 2. The summed E-state index contributed by atoms with van der Waals surface area (Å²) in [5.41, 5.74) is -0.259. The van der Waals surface area contributed by atoms with Crippen LogP contribution in [0, 0.1) is 23.0 Å². The molecule has 1 aromatic carbocycles. The van der Waals surface area contributed by atoms with E-state index in [-0.39, 0.29) is 23.6 Å². The van der Waals surface area contributed by atoms with Crippen LogP contribution in [0.5, 0.6) is 0 Å². The van der Waals surface area contributed by atoms with Gasteiger partial charge in [-0.1, -0.05) is 0 Å². The molecular formula is C13H15F2N3O. The molecule has 0 fully saturated rings. The first-order valence-electron chi connectivity index (χ1n) is 5.88. The van der Waals surface area contributed by atoms with E-state index < -0.39 is 17.7 Å². The Morgan fingerprint density at radius 2 is 2.00 bits per heavy atom. The molecule has 2 N–H and O–H groups in total. The second-order valence-corrected chi connectivity index (χ2v) is 4.03. The number of nitrogens with one attached hydrogen (secondary N) is 2. The number of likely N-dealkylation sites (N-methyl/N-ethyl adjacent to an activating group) is 1. The van der Waals surface area contributed by atoms with Crippen LogP contribution in [0.3, 0.4) is 0 Å². The highest BCUT2D eigenvalue weighted by atomic mass is 19.1. The van der Waals surface area contributed by atoms with E-state index in [2.05, 4.69) is 10.6 Å². The maximum absolute atomic E-state index is 13.6. The van der Waals surface area contributed by atoms with E-state index in [1.807, 2.05) is 0 Å². The van der Waals surface area contributed by atoms with E-state index >= 15 is 0 Å². The Kier molecular flexibility index (Phi) is 5.39. The maximum Gasteiger partial charge on any atom is 0.236 e. The normalized spacial score (nSPS) is 11.7. The molecule has 1 unspecified atom stereocenters. The summed E-state index contributed by atoms with van der Waals surface area (Å²) in [6, 6.07) is 3.05. The van der Waals surface area contributed by atoms with Crippen molar-refractivity contribution < 1.29 is 13.6 Å². The van der Waals surface area contributed by atoms with E-state index in [0.29, 0.717) is 6.54 Å². The van der Waals surface area contributed by atoms with Gasteiger partial charge in [-0.2, -0.15) is 5.26 Å². The van der Waals surface area contributed by atoms with Crippen LogP contribution in [-0.2, 0) is 11.3 Å². The molecule has 0 saturated heterocycles. The average molecular weight is 267 g/mol. The summed E-state index contributed by atoms with van der Waals surface area (Å²) in [5.74, 6) is -1.84. The van der Waals surface area contributed by atoms with Gasteiger partial charge < -0.3 is 10.6 Å². The quantitative estimate of drug-likeness (QED) is 0.848. The van der Waals surface area contributed by atoms with E-state index in [9.17, 15) is 13.6 Å². The zero-order valence-corrected chi connectivity index (χ0v) is 10.8. The van der Waals surface area contributed by atoms with Gasteiger partial charge in [-0.25, -0.2) is 8.78 Å². The van der Waals surface area contributed by atoms with Crippen molar-refractivity contribution in [3.63, 3.8) is 0 Å². The third-order valence-electron chi connectivity index (χ3n) is 2.60. The summed E-state index contributed by atoms with van der Waals surface area (Å²) in [4.78, 5) is 11.4. The topological polar surface area (TPSA) is 64.9 Å². The molecule has 0 aromatic heterocycles. The lowest BCUT2D eigenvalue weighted by Crippen LogP contribution is -2.41. The minimum atomic E-state index is -0.799. The Balaban J connectivity index is 2.74. The number of amides is 1. The van der Waals surface area contributed by atoms with Crippen molar-refractivity contribution >= 4 is 5.91 Å². The molecule has 1 aromatic rings. The van der Waals surface area contributed by atoms with Gasteiger partial charge in [0.15, 0.2) is 0 Å². The highest BCUT2D eigenvalue weighted by Crippen LogP contribution is 2.15. The highest BCUT2D eigenvalue weighted by molar-refractivity contribution is 5.81. The molecule has 1 amide bonds. The minimum Gasteiger partial charge on any atom is -0.355 e. The van der Waals surface area contributed by atoms with Gasteiger partial charge in [0, 0.05) is 18.7 Å². The smallest absolute Gasteiger partial charge is 0.236 e. The van der Waals surface area contributed by atoms with Gasteiger partial charge in [-0.15, -0.1) is 0 Å². The first kappa shape index (κ1) is 15.1. The number of nitrogens with zero attached hydrogens (tertiary/aromatic N) is 1. The van der Waals surface area contributed by atoms with E-state index in [4.69, 9.17) is 5.26 Å². The predicted octanol–water partition coefficient (Wildman–Crippen LogP) is 1.45. The molecule has 102 valence electrons. The van der Waals surface area contributed by atoms with Crippen molar-refractivity contribution in [1.82, 2.24) is 10.6 Å². The Morgan fingerprint density at radius 1 is 1.42 bits per heavy atom. The van der Waals surface area contributed by atoms with Gasteiger partial charge >= 0.3 is 0 Å². The van der Waals surface area contributed by atoms with E-state index in [1.54, 1.807) is 19.9 Å². The molecule has 0 spiro atoms. The standard InChI is InChI=1S/C13H15F2N3O/c1-3-17-13(19)8(2)18-7-10-11(14)4-9(6-16)5-12(10)15/h4-5,8,18H,3,7H2,1-2H3,(H,17,19). The van der Waals surface area contributed by atoms with Gasteiger partial charge in [-0.05, 0) is 26.0 Å². The SMILES string of the molecule is CCNC(=O)C(C)NCc1c(F)cc(C#N)cc1F. The largest absolute Gasteiger partial charge is 0.355 e. The number of halogens is 2. The second kappa shape index (κ2) is 6.81. The summed E-state index contributed by atoms with van der Waals surface area (Å²) < 4.78 is 27.1. The molecule has 0 bridgehead atoms. The Labute approximate surface area is 110 Å². The zero-order valence-electron chi connectivity index (χ0n) is 10.8. The van der Waals surface area contributed by atoms with Crippen molar-refractivity contribution in [1.29, 1.82) is 5.26 Å². The molecule has 4 nitrogen and oxygen atoms in total. The lowest BCUT2D eigenvalue weighted by molar-refractivity contribution is -0.122. The summed E-state index contributed by atoms with van der Waals surface area (Å²) in [5, 5.41) is 13.9. The van der Waals surface area contributed by atoms with Gasteiger partial charge in [-0.3, -0.25) is 4.79 Å². The van der Waals surface area contributed by atoms with Crippen molar-refractivity contribution in [2.75, 3.05) is 6.54 Å². The number of nitriles is 1. The van der Waals surface area contributed by atoms with Crippen molar-refractivity contribution in [2.45, 2.75) is 26.4 Å². The third-order valence-corrected chi connectivity index (χ3v) is 2.60. The fourth-order valence-electron chi connectivity index (χ4n) is 1.51. The van der Waals surface area contributed by atoms with Crippen molar-refractivity contribution in [3.05, 3.63) is 34.9 Å². The molecule has 0 heterocycles. The summed E-state index contributed by atoms with van der Waals surface area (Å²) in [7, 11) is 0. The van der Waals surface area contributed by atoms with Crippen LogP contribution in [0.2, 0.25) is 0 Å². The van der Waals surface area contributed by atoms with Crippen LogP contribution in [0.1, 0.15) is 25.0 Å². The third kappa shape index (κ3) is 4.00. The number of carbonyl (C=O) groups excluding carboxylic acids is 1. The molecule has 19 heavy (non-hydrogen) atoms. The lowest BCUT2D eigenvalue weighted by atomic mass is 10.1. The van der Waals surface area contributed by atoms with Crippen LogP contribution in [0.4, 0.5) is 8.78 Å². The van der Waals surface area contributed by atoms with Gasteiger partial charge in [0.2, 0.25) is 5.91 Å². The Hall–Kier alpha value is -2.00. The molecular weight excluding hydrogens is 252 g/mol. The first-order valence-corrected chi connectivity index (χ1v) is 5.88. The second-order valence-electron chi connectivity index (χ2n) is 4.03. The number of rotatable bonds is 5. The maximum atomic E-state index is 13.6. The van der Waals surface area contributed by atoms with E-state index in [0.717, 1.165) is 12.1 Å². The van der Waals surface area contributed by atoms with Crippen molar-refractivity contribution in [3.8, 4) is 6.07 Å². The summed E-state index contributed by atoms with van der Waals surface area (Å²) in [6.07, 6.45) is 0. The number of benzene rings is 1. The van der Waals surface area contributed by atoms with Crippen LogP contribution in [0.15, 0.2) is 12.1 Å². The fraction of sp³-hybridized carbons (Fsp3) is 0.385. The van der Waals surface area contributed by atoms with Crippen LogP contribution in [-0.4, -0.2) is 18.5 Å². The predicted molar refractivity (Wildman–Crippen MR) is 66.1 cm³/mol. The lowest BCUT2D eigenvalue weighted by Gasteiger charge is -2.14. The Bertz CT molecular complexity index is 488. The number of hydrogen-bond acceptors (Lipinski definition) is 3. The van der Waals surface area contributed by atoms with E-state index in [1.165, 1.54) is 0 Å². The van der Waals surface area contributed by atoms with Gasteiger partial charge in [0.05, 0.1) is 17.7 Å². The molecule has 0 saturated carbocycles. The van der Waals surface area contributed by atoms with Crippen LogP contribution in [0.25, 0.3) is 0 Å². The molecule has 0 aliphatic carbocycles. The molecule has 0 aliphatic rings. The van der Waals surface area contributed by atoms with Crippen LogP contribution < -0.4 is 10.6 Å². The van der Waals surface area contributed by atoms with Gasteiger partial charge in [0.25, 0.3) is 0 Å². The minimum absolute atomic E-state index is 0.0736. The van der Waals surface area contributed by atoms with Gasteiger partial charge in [0.1, 0.15) is 11.6 Å². The highest BCUT2D eigenvalue weighted by Gasteiger charge is 2.15. The molecule has 1 rings (SSSR count). The molecule has 1 atom stereocenters. The molecule has 0 radical (unpaired) electrons. The summed E-state index contributed by atoms with van der Waals surface area (Å²) >= 11 is 0. The van der Waals surface area contributed by atoms with Crippen LogP contribution >= 0.6 is 0 Å². The first-order chi connectivity index (χ1) is 8.99. The average Bonchev–Trinajstić information content (AvgIpc) is 2.37. The summed E-state index contributed by atoms with van der Waals surface area (Å²) in [6.45, 7) is 3.75. The molecule has 0 aliphatic heterocycles.